The number of guanidine groups is 1. The van der Waals surface area contributed by atoms with Crippen molar-refractivity contribution >= 4 is 11.9 Å². The fourth-order valence-electron chi connectivity index (χ4n) is 3.39. The number of nitrogens with one attached hydrogen (secondary N) is 1. The lowest BCUT2D eigenvalue weighted by atomic mass is 9.97. The molecule has 146 valence electrons. The first-order valence-electron chi connectivity index (χ1n) is 10.0. The molecule has 0 aromatic carbocycles. The van der Waals surface area contributed by atoms with Crippen molar-refractivity contribution in [2.24, 2.45) is 10.9 Å². The minimum absolute atomic E-state index is 0.0444. The van der Waals surface area contributed by atoms with Gasteiger partial charge in [0.2, 0.25) is 0 Å². The summed E-state index contributed by atoms with van der Waals surface area (Å²) < 4.78 is 5.14. The molecule has 1 aliphatic rings. The molecule has 1 aliphatic heterocycles. The van der Waals surface area contributed by atoms with Gasteiger partial charge in [0.1, 0.15) is 0 Å². The smallest absolute Gasteiger partial charge is 0.309 e. The summed E-state index contributed by atoms with van der Waals surface area (Å²) in [7, 11) is 1.83. The molecule has 0 saturated carbocycles. The van der Waals surface area contributed by atoms with Crippen molar-refractivity contribution in [2.45, 2.75) is 52.9 Å². The van der Waals surface area contributed by atoms with Crippen LogP contribution in [0.15, 0.2) is 4.99 Å². The van der Waals surface area contributed by atoms with Crippen LogP contribution < -0.4 is 5.32 Å². The van der Waals surface area contributed by atoms with Gasteiger partial charge < -0.3 is 19.9 Å². The summed E-state index contributed by atoms with van der Waals surface area (Å²) in [4.78, 5) is 21.0. The van der Waals surface area contributed by atoms with Gasteiger partial charge in [0.25, 0.3) is 0 Å². The fourth-order valence-corrected chi connectivity index (χ4v) is 3.39. The molecule has 0 aromatic rings. The van der Waals surface area contributed by atoms with E-state index in [0.29, 0.717) is 6.61 Å². The molecule has 0 aliphatic carbocycles. The van der Waals surface area contributed by atoms with E-state index in [1.165, 1.54) is 25.9 Å². The molecule has 1 saturated heterocycles. The van der Waals surface area contributed by atoms with Crippen molar-refractivity contribution in [3.05, 3.63) is 0 Å². The molecule has 1 fully saturated rings. The SMILES string of the molecule is CCCN(CCC)CCCNC(=NC)N1CCC(C(=O)OCC)CC1. The molecule has 0 amide bonds. The number of hydrogen-bond acceptors (Lipinski definition) is 4. The van der Waals surface area contributed by atoms with E-state index in [4.69, 9.17) is 4.74 Å². The molecule has 25 heavy (non-hydrogen) atoms. The summed E-state index contributed by atoms with van der Waals surface area (Å²) in [6.45, 7) is 13.0. The molecule has 0 unspecified atom stereocenters. The fraction of sp³-hybridized carbons (Fsp3) is 0.895. The van der Waals surface area contributed by atoms with E-state index >= 15 is 0 Å². The number of nitrogens with zero attached hydrogens (tertiary/aromatic N) is 3. The number of carbonyl (C=O) groups is 1. The predicted molar refractivity (Wildman–Crippen MR) is 104 cm³/mol. The normalized spacial score (nSPS) is 16.4. The van der Waals surface area contributed by atoms with Gasteiger partial charge in [-0.25, -0.2) is 0 Å². The molecular formula is C19H38N4O2. The first-order chi connectivity index (χ1) is 12.2. The number of hydrogen-bond donors (Lipinski definition) is 1. The van der Waals surface area contributed by atoms with Crippen molar-refractivity contribution in [2.75, 3.05) is 52.9 Å². The van der Waals surface area contributed by atoms with E-state index in [-0.39, 0.29) is 11.9 Å². The Morgan fingerprint density at radius 2 is 1.80 bits per heavy atom. The van der Waals surface area contributed by atoms with Gasteiger partial charge in [-0.15, -0.1) is 0 Å². The van der Waals surface area contributed by atoms with Crippen molar-refractivity contribution in [3.63, 3.8) is 0 Å². The highest BCUT2D eigenvalue weighted by Gasteiger charge is 2.27. The average Bonchev–Trinajstić information content (AvgIpc) is 2.62. The number of rotatable bonds is 10. The highest BCUT2D eigenvalue weighted by molar-refractivity contribution is 5.80. The third-order valence-corrected chi connectivity index (χ3v) is 4.64. The number of piperidine rings is 1. The average molecular weight is 355 g/mol. The van der Waals surface area contributed by atoms with Crippen molar-refractivity contribution in [1.82, 2.24) is 15.1 Å². The van der Waals surface area contributed by atoms with E-state index in [1.807, 2.05) is 14.0 Å². The van der Waals surface area contributed by atoms with Crippen LogP contribution in [-0.2, 0) is 9.53 Å². The Morgan fingerprint density at radius 1 is 1.16 bits per heavy atom. The van der Waals surface area contributed by atoms with Crippen LogP contribution in [0.5, 0.6) is 0 Å². The van der Waals surface area contributed by atoms with Crippen LogP contribution in [0.3, 0.4) is 0 Å². The zero-order valence-corrected chi connectivity index (χ0v) is 16.7. The molecule has 0 radical (unpaired) electrons. The van der Waals surface area contributed by atoms with Crippen LogP contribution in [0.25, 0.3) is 0 Å². The predicted octanol–water partition coefficient (Wildman–Crippen LogP) is 2.35. The van der Waals surface area contributed by atoms with Crippen LogP contribution in [-0.4, -0.2) is 74.7 Å². The van der Waals surface area contributed by atoms with E-state index in [0.717, 1.165) is 51.4 Å². The molecule has 0 aromatic heterocycles. The Hall–Kier alpha value is -1.30. The highest BCUT2D eigenvalue weighted by atomic mass is 16.5. The zero-order chi connectivity index (χ0) is 18.5. The number of esters is 1. The Balaban J connectivity index is 2.30. The highest BCUT2D eigenvalue weighted by Crippen LogP contribution is 2.18. The number of aliphatic imine (C=N–C) groups is 1. The van der Waals surface area contributed by atoms with E-state index in [1.54, 1.807) is 0 Å². The molecular weight excluding hydrogens is 316 g/mol. The Morgan fingerprint density at radius 3 is 2.32 bits per heavy atom. The van der Waals surface area contributed by atoms with Crippen molar-refractivity contribution < 1.29 is 9.53 Å². The van der Waals surface area contributed by atoms with Gasteiger partial charge in [-0.05, 0) is 58.7 Å². The maximum atomic E-state index is 11.8. The first-order valence-corrected chi connectivity index (χ1v) is 10.0. The van der Waals surface area contributed by atoms with Gasteiger partial charge in [-0.3, -0.25) is 9.79 Å². The van der Waals surface area contributed by atoms with E-state index in [9.17, 15) is 4.79 Å². The second kappa shape index (κ2) is 13.0. The third-order valence-electron chi connectivity index (χ3n) is 4.64. The Bertz CT molecular complexity index is 387. The van der Waals surface area contributed by atoms with Gasteiger partial charge in [-0.2, -0.15) is 0 Å². The maximum Gasteiger partial charge on any atom is 0.309 e. The molecule has 0 atom stereocenters. The van der Waals surface area contributed by atoms with Gasteiger partial charge >= 0.3 is 5.97 Å². The topological polar surface area (TPSA) is 57.2 Å². The molecule has 6 heteroatoms. The summed E-state index contributed by atoms with van der Waals surface area (Å²) in [5.74, 6) is 0.961. The van der Waals surface area contributed by atoms with Crippen LogP contribution >= 0.6 is 0 Å². The van der Waals surface area contributed by atoms with E-state index < -0.39 is 0 Å². The summed E-state index contributed by atoms with van der Waals surface area (Å²) >= 11 is 0. The molecule has 0 spiro atoms. The van der Waals surface area contributed by atoms with Crippen LogP contribution in [0, 0.1) is 5.92 Å². The number of carbonyl (C=O) groups excluding carboxylic acids is 1. The Kier molecular flexibility index (Phi) is 11.3. The molecule has 1 rings (SSSR count). The second-order valence-electron chi connectivity index (χ2n) is 6.68. The lowest BCUT2D eigenvalue weighted by Gasteiger charge is -2.33. The van der Waals surface area contributed by atoms with Gasteiger partial charge in [-0.1, -0.05) is 13.8 Å². The second-order valence-corrected chi connectivity index (χ2v) is 6.68. The van der Waals surface area contributed by atoms with Gasteiger partial charge in [0.05, 0.1) is 12.5 Å². The summed E-state index contributed by atoms with van der Waals surface area (Å²) in [5, 5.41) is 3.48. The van der Waals surface area contributed by atoms with Gasteiger partial charge in [0.15, 0.2) is 5.96 Å². The standard InChI is InChI=1S/C19H38N4O2/c1-5-12-22(13-6-2)14-8-11-21-19(20-4)23-15-9-17(10-16-23)18(24)25-7-3/h17H,5-16H2,1-4H3,(H,20,21). The van der Waals surface area contributed by atoms with Crippen molar-refractivity contribution in [1.29, 1.82) is 0 Å². The minimum Gasteiger partial charge on any atom is -0.466 e. The van der Waals surface area contributed by atoms with Crippen LogP contribution in [0.1, 0.15) is 52.9 Å². The van der Waals surface area contributed by atoms with Crippen LogP contribution in [0.4, 0.5) is 0 Å². The quantitative estimate of drug-likeness (QED) is 0.282. The number of likely N-dealkylation sites (tertiary alicyclic amines) is 1. The molecule has 1 heterocycles. The van der Waals surface area contributed by atoms with Crippen LogP contribution in [0.2, 0.25) is 0 Å². The Labute approximate surface area is 154 Å². The summed E-state index contributed by atoms with van der Waals surface area (Å²) in [6, 6.07) is 0. The third kappa shape index (κ3) is 8.08. The first kappa shape index (κ1) is 21.7. The lowest BCUT2D eigenvalue weighted by Crippen LogP contribution is -2.47. The minimum atomic E-state index is -0.0444. The largest absolute Gasteiger partial charge is 0.466 e. The maximum absolute atomic E-state index is 11.8. The van der Waals surface area contributed by atoms with Crippen molar-refractivity contribution in [3.8, 4) is 0 Å². The monoisotopic (exact) mass is 354 g/mol. The summed E-state index contributed by atoms with van der Waals surface area (Å²) in [6.07, 6.45) is 5.24. The number of ether oxygens (including phenoxy) is 1. The lowest BCUT2D eigenvalue weighted by molar-refractivity contribution is -0.149. The van der Waals surface area contributed by atoms with E-state index in [2.05, 4.69) is 34.0 Å². The molecule has 1 N–H and O–H groups in total. The zero-order valence-electron chi connectivity index (χ0n) is 16.7. The summed E-state index contributed by atoms with van der Waals surface area (Å²) in [5.41, 5.74) is 0. The molecule has 6 nitrogen and oxygen atoms in total. The molecule has 0 bridgehead atoms. The van der Waals surface area contributed by atoms with Gasteiger partial charge in [0, 0.05) is 26.7 Å².